The van der Waals surface area contributed by atoms with Gasteiger partial charge >= 0.3 is 0 Å². The SMILES string of the molecule is c1ccc(-c2ccc(-n3c4ccc(-c5cc(-c6ccccc6)cc(-c6ccccc6)c5)cc4c4cc(-c5cc(-c6ccccc6)cc(-c6ccccc6)c5)ccc43)cc2)cc1. The molecule has 0 atom stereocenters. The fourth-order valence-corrected chi connectivity index (χ4v) is 8.87. The number of hydrogen-bond acceptors (Lipinski definition) is 0. The fourth-order valence-electron chi connectivity index (χ4n) is 8.87. The molecule has 0 fully saturated rings. The molecule has 0 bridgehead atoms. The van der Waals surface area contributed by atoms with Crippen molar-refractivity contribution in [3.05, 3.63) is 249 Å². The van der Waals surface area contributed by atoms with Crippen LogP contribution in [0, 0.1) is 0 Å². The van der Waals surface area contributed by atoms with Gasteiger partial charge in [-0.05, 0) is 151 Å². The summed E-state index contributed by atoms with van der Waals surface area (Å²) in [4.78, 5) is 0. The average Bonchev–Trinajstić information content (AvgIpc) is 3.68. The van der Waals surface area contributed by atoms with Crippen LogP contribution in [0.2, 0.25) is 0 Å². The van der Waals surface area contributed by atoms with Gasteiger partial charge in [0.05, 0.1) is 11.0 Å². The molecule has 11 rings (SSSR count). The van der Waals surface area contributed by atoms with Crippen LogP contribution in [-0.2, 0) is 0 Å². The quantitative estimate of drug-likeness (QED) is 0.145. The molecule has 0 aliphatic rings. The van der Waals surface area contributed by atoms with Crippen LogP contribution >= 0.6 is 0 Å². The predicted octanol–water partition coefficient (Wildman–Crippen LogP) is 16.5. The topological polar surface area (TPSA) is 4.93 Å². The van der Waals surface area contributed by atoms with Crippen molar-refractivity contribution in [3.8, 4) is 83.6 Å². The molecule has 0 unspecified atom stereocenters. The summed E-state index contributed by atoms with van der Waals surface area (Å²) in [7, 11) is 0. The maximum absolute atomic E-state index is 2.43. The van der Waals surface area contributed by atoms with E-state index in [1.165, 1.54) is 99.7 Å². The summed E-state index contributed by atoms with van der Waals surface area (Å²) < 4.78 is 2.43. The Balaban J connectivity index is 1.12. The van der Waals surface area contributed by atoms with E-state index in [0.717, 1.165) is 5.69 Å². The molecule has 0 saturated carbocycles. The zero-order valence-corrected chi connectivity index (χ0v) is 33.6. The van der Waals surface area contributed by atoms with Crippen molar-refractivity contribution in [3.63, 3.8) is 0 Å². The van der Waals surface area contributed by atoms with E-state index in [2.05, 4.69) is 253 Å². The first kappa shape index (κ1) is 36.1. The first-order valence-electron chi connectivity index (χ1n) is 21.0. The van der Waals surface area contributed by atoms with Crippen molar-refractivity contribution < 1.29 is 0 Å². The van der Waals surface area contributed by atoms with Crippen LogP contribution in [0.1, 0.15) is 0 Å². The van der Waals surface area contributed by atoms with Gasteiger partial charge in [-0.1, -0.05) is 176 Å². The summed E-state index contributed by atoms with van der Waals surface area (Å²) in [6.45, 7) is 0. The molecule has 1 nitrogen and oxygen atoms in total. The lowest BCUT2D eigenvalue weighted by Gasteiger charge is -2.12. The van der Waals surface area contributed by atoms with E-state index >= 15 is 0 Å². The van der Waals surface area contributed by atoms with E-state index in [0.29, 0.717) is 0 Å². The minimum Gasteiger partial charge on any atom is -0.309 e. The van der Waals surface area contributed by atoms with E-state index in [1.54, 1.807) is 0 Å². The zero-order valence-electron chi connectivity index (χ0n) is 33.6. The number of nitrogens with zero attached hydrogens (tertiary/aromatic N) is 1. The van der Waals surface area contributed by atoms with Gasteiger partial charge in [0, 0.05) is 16.5 Å². The highest BCUT2D eigenvalue weighted by Crippen LogP contribution is 2.41. The number of rotatable bonds is 8. The normalized spacial score (nSPS) is 11.3. The number of benzene rings is 10. The van der Waals surface area contributed by atoms with Crippen LogP contribution < -0.4 is 0 Å². The molecule has 0 aliphatic heterocycles. The van der Waals surface area contributed by atoms with Crippen LogP contribution in [0.3, 0.4) is 0 Å². The van der Waals surface area contributed by atoms with Crippen molar-refractivity contribution >= 4 is 21.8 Å². The van der Waals surface area contributed by atoms with E-state index < -0.39 is 0 Å². The van der Waals surface area contributed by atoms with Crippen LogP contribution in [-0.4, -0.2) is 4.57 Å². The minimum atomic E-state index is 1.13. The van der Waals surface area contributed by atoms with Gasteiger partial charge in [0.25, 0.3) is 0 Å². The summed E-state index contributed by atoms with van der Waals surface area (Å²) in [6.07, 6.45) is 0. The number of aromatic nitrogens is 1. The van der Waals surface area contributed by atoms with Crippen molar-refractivity contribution in [2.45, 2.75) is 0 Å². The Morgan fingerprint density at radius 2 is 0.426 bits per heavy atom. The summed E-state index contributed by atoms with van der Waals surface area (Å²) in [5.74, 6) is 0. The Morgan fingerprint density at radius 3 is 0.738 bits per heavy atom. The summed E-state index contributed by atoms with van der Waals surface area (Å²) in [5, 5.41) is 2.44. The molecular formula is C60H41N. The van der Waals surface area contributed by atoms with E-state index in [4.69, 9.17) is 0 Å². The molecule has 0 spiro atoms. The Morgan fingerprint density at radius 1 is 0.180 bits per heavy atom. The standard InChI is InChI=1S/C60H41N/c1-6-16-42(17-7-1)47-26-30-56(31-27-47)61-59-32-28-48(54-36-50(43-18-8-2-9-19-43)34-51(37-54)44-20-10-3-11-21-44)40-57(59)58-41-49(29-33-60(58)61)55-38-52(45-22-12-4-13-23-45)35-53(39-55)46-24-14-5-15-25-46/h1-41H. The Hall–Kier alpha value is -8.00. The summed E-state index contributed by atoms with van der Waals surface area (Å²) in [6, 6.07) is 90.5. The largest absolute Gasteiger partial charge is 0.309 e. The van der Waals surface area contributed by atoms with Crippen molar-refractivity contribution in [2.24, 2.45) is 0 Å². The molecule has 0 N–H and O–H groups in total. The zero-order chi connectivity index (χ0) is 40.5. The lowest BCUT2D eigenvalue weighted by atomic mass is 9.92. The lowest BCUT2D eigenvalue weighted by Crippen LogP contribution is -1.94. The van der Waals surface area contributed by atoms with E-state index in [1.807, 2.05) is 0 Å². The van der Waals surface area contributed by atoms with Crippen molar-refractivity contribution in [1.82, 2.24) is 4.57 Å². The van der Waals surface area contributed by atoms with Gasteiger partial charge in [-0.2, -0.15) is 0 Å². The number of hydrogen-bond donors (Lipinski definition) is 0. The van der Waals surface area contributed by atoms with Crippen molar-refractivity contribution in [1.29, 1.82) is 0 Å². The van der Waals surface area contributed by atoms with Gasteiger partial charge in [0.15, 0.2) is 0 Å². The minimum absolute atomic E-state index is 1.13. The molecule has 1 heteroatoms. The molecule has 1 heterocycles. The third-order valence-corrected chi connectivity index (χ3v) is 12.0. The molecule has 61 heavy (non-hydrogen) atoms. The highest BCUT2D eigenvalue weighted by Gasteiger charge is 2.17. The van der Waals surface area contributed by atoms with Crippen LogP contribution in [0.4, 0.5) is 0 Å². The summed E-state index contributed by atoms with van der Waals surface area (Å²) in [5.41, 5.74) is 20.3. The van der Waals surface area contributed by atoms with E-state index in [9.17, 15) is 0 Å². The van der Waals surface area contributed by atoms with E-state index in [-0.39, 0.29) is 0 Å². The van der Waals surface area contributed by atoms with Gasteiger partial charge in [0.2, 0.25) is 0 Å². The second kappa shape index (κ2) is 15.6. The Labute approximate surface area is 357 Å². The second-order valence-corrected chi connectivity index (χ2v) is 15.8. The Bertz CT molecular complexity index is 2990. The third-order valence-electron chi connectivity index (χ3n) is 12.0. The molecule has 0 radical (unpaired) electrons. The Kier molecular flexibility index (Phi) is 9.26. The smallest absolute Gasteiger partial charge is 0.0541 e. The number of fused-ring (bicyclic) bond motifs is 3. The molecule has 0 amide bonds. The maximum atomic E-state index is 2.43. The van der Waals surface area contributed by atoms with Gasteiger partial charge in [0.1, 0.15) is 0 Å². The van der Waals surface area contributed by atoms with Gasteiger partial charge in [-0.25, -0.2) is 0 Å². The van der Waals surface area contributed by atoms with Crippen LogP contribution in [0.5, 0.6) is 0 Å². The molecule has 0 saturated heterocycles. The fraction of sp³-hybridized carbons (Fsp3) is 0. The maximum Gasteiger partial charge on any atom is 0.0541 e. The highest BCUT2D eigenvalue weighted by molar-refractivity contribution is 6.12. The third kappa shape index (κ3) is 7.03. The molecule has 1 aromatic heterocycles. The van der Waals surface area contributed by atoms with Crippen LogP contribution in [0.25, 0.3) is 105 Å². The molecule has 11 aromatic rings. The van der Waals surface area contributed by atoms with Crippen LogP contribution in [0.15, 0.2) is 249 Å². The monoisotopic (exact) mass is 775 g/mol. The first-order valence-corrected chi connectivity index (χ1v) is 21.0. The average molecular weight is 776 g/mol. The molecule has 10 aromatic carbocycles. The highest BCUT2D eigenvalue weighted by atomic mass is 15.0. The van der Waals surface area contributed by atoms with Crippen molar-refractivity contribution in [2.75, 3.05) is 0 Å². The second-order valence-electron chi connectivity index (χ2n) is 15.8. The predicted molar refractivity (Wildman–Crippen MR) is 259 cm³/mol. The first-order chi connectivity index (χ1) is 30.2. The summed E-state index contributed by atoms with van der Waals surface area (Å²) >= 11 is 0. The molecular weight excluding hydrogens is 735 g/mol. The van der Waals surface area contributed by atoms with Gasteiger partial charge < -0.3 is 4.57 Å². The van der Waals surface area contributed by atoms with Gasteiger partial charge in [-0.3, -0.25) is 0 Å². The molecule has 0 aliphatic carbocycles. The molecule has 286 valence electrons. The lowest BCUT2D eigenvalue weighted by molar-refractivity contribution is 1.18. The van der Waals surface area contributed by atoms with Gasteiger partial charge in [-0.15, -0.1) is 0 Å².